The van der Waals surface area contributed by atoms with Gasteiger partial charge in [0.15, 0.2) is 0 Å². The van der Waals surface area contributed by atoms with Gasteiger partial charge in [-0.2, -0.15) is 0 Å². The van der Waals surface area contributed by atoms with E-state index in [2.05, 4.69) is 0 Å². The van der Waals surface area contributed by atoms with E-state index in [1.54, 1.807) is 6.07 Å². The van der Waals surface area contributed by atoms with Crippen molar-refractivity contribution in [3.63, 3.8) is 0 Å². The van der Waals surface area contributed by atoms with E-state index in [-0.39, 0.29) is 27.9 Å². The first kappa shape index (κ1) is 16.1. The Kier molecular flexibility index (Phi) is 4.88. The van der Waals surface area contributed by atoms with E-state index in [1.807, 2.05) is 0 Å². The highest BCUT2D eigenvalue weighted by molar-refractivity contribution is 8.26. The van der Waals surface area contributed by atoms with Crippen LogP contribution in [0.25, 0.3) is 6.08 Å². The molecular formula is C13H10N2O5S2. The molecule has 0 atom stereocenters. The summed E-state index contributed by atoms with van der Waals surface area (Å²) in [6.07, 6.45) is 1.18. The maximum absolute atomic E-state index is 12.2. The quantitative estimate of drug-likeness (QED) is 0.380. The fourth-order valence-electron chi connectivity index (χ4n) is 1.82. The van der Waals surface area contributed by atoms with Gasteiger partial charge in [0.05, 0.1) is 21.8 Å². The number of para-hydroxylation sites is 1. The molecule has 114 valence electrons. The third kappa shape index (κ3) is 3.49. The van der Waals surface area contributed by atoms with Crippen LogP contribution in [0.4, 0.5) is 5.69 Å². The van der Waals surface area contributed by atoms with Gasteiger partial charge in [0, 0.05) is 12.6 Å². The van der Waals surface area contributed by atoms with Gasteiger partial charge in [-0.3, -0.25) is 24.6 Å². The second-order valence-corrected chi connectivity index (χ2v) is 5.97. The number of nitro groups is 1. The van der Waals surface area contributed by atoms with E-state index in [0.717, 1.165) is 11.8 Å². The highest BCUT2D eigenvalue weighted by Crippen LogP contribution is 2.34. The lowest BCUT2D eigenvalue weighted by atomic mass is 10.1. The Hall–Kier alpha value is -2.26. The minimum absolute atomic E-state index is 0.0196. The first-order valence-corrected chi connectivity index (χ1v) is 7.33. The Balaban J connectivity index is 2.27. The van der Waals surface area contributed by atoms with Gasteiger partial charge in [-0.25, -0.2) is 0 Å². The van der Waals surface area contributed by atoms with Crippen molar-refractivity contribution in [1.29, 1.82) is 0 Å². The fourth-order valence-corrected chi connectivity index (χ4v) is 3.12. The number of carboxylic acid groups (broad SMARTS) is 1. The van der Waals surface area contributed by atoms with Gasteiger partial charge < -0.3 is 5.11 Å². The van der Waals surface area contributed by atoms with E-state index >= 15 is 0 Å². The van der Waals surface area contributed by atoms with Gasteiger partial charge in [0.2, 0.25) is 0 Å². The van der Waals surface area contributed by atoms with Gasteiger partial charge in [-0.15, -0.1) is 0 Å². The molecule has 0 aliphatic carbocycles. The molecule has 1 aliphatic heterocycles. The molecule has 1 aliphatic rings. The molecule has 1 heterocycles. The smallest absolute Gasteiger partial charge is 0.305 e. The number of hydrogen-bond acceptors (Lipinski definition) is 6. The molecule has 0 bridgehead atoms. The number of thioether (sulfide) groups is 1. The average Bonchev–Trinajstić information content (AvgIpc) is 2.71. The van der Waals surface area contributed by atoms with E-state index in [1.165, 1.54) is 29.2 Å². The monoisotopic (exact) mass is 338 g/mol. The Morgan fingerprint density at radius 1 is 1.45 bits per heavy atom. The number of carbonyl (C=O) groups excluding carboxylic acids is 1. The van der Waals surface area contributed by atoms with Gasteiger partial charge in [-0.1, -0.05) is 36.1 Å². The molecule has 0 saturated carbocycles. The van der Waals surface area contributed by atoms with Gasteiger partial charge in [0.1, 0.15) is 4.32 Å². The van der Waals surface area contributed by atoms with Crippen LogP contribution in [0.2, 0.25) is 0 Å². The van der Waals surface area contributed by atoms with E-state index in [9.17, 15) is 19.7 Å². The van der Waals surface area contributed by atoms with E-state index < -0.39 is 16.8 Å². The zero-order valence-electron chi connectivity index (χ0n) is 11.1. The second kappa shape index (κ2) is 6.67. The zero-order valence-corrected chi connectivity index (χ0v) is 12.7. The standard InChI is InChI=1S/C13H10N2O5S2/c16-11(17)5-6-14-12(18)10(22-13(14)21)7-8-3-1-2-4-9(8)15(19)20/h1-4,7H,5-6H2,(H,16,17). The third-order valence-corrected chi connectivity index (χ3v) is 4.22. The lowest BCUT2D eigenvalue weighted by Crippen LogP contribution is -2.30. The Bertz CT molecular complexity index is 701. The minimum atomic E-state index is -1.03. The van der Waals surface area contributed by atoms with Crippen molar-refractivity contribution >= 4 is 51.9 Å². The van der Waals surface area contributed by atoms with Gasteiger partial charge >= 0.3 is 5.97 Å². The van der Waals surface area contributed by atoms with Crippen molar-refractivity contribution in [2.24, 2.45) is 0 Å². The van der Waals surface area contributed by atoms with Crippen LogP contribution in [0.1, 0.15) is 12.0 Å². The molecule has 7 nitrogen and oxygen atoms in total. The molecule has 1 fully saturated rings. The highest BCUT2D eigenvalue weighted by atomic mass is 32.2. The zero-order chi connectivity index (χ0) is 16.3. The molecule has 22 heavy (non-hydrogen) atoms. The molecule has 9 heteroatoms. The van der Waals surface area contributed by atoms with Crippen LogP contribution in [0.15, 0.2) is 29.2 Å². The van der Waals surface area contributed by atoms with Crippen LogP contribution >= 0.6 is 24.0 Å². The first-order valence-electron chi connectivity index (χ1n) is 6.10. The largest absolute Gasteiger partial charge is 0.481 e. The van der Waals surface area contributed by atoms with Crippen LogP contribution in [-0.4, -0.2) is 37.7 Å². The summed E-state index contributed by atoms with van der Waals surface area (Å²) in [6.45, 7) is -0.0196. The molecular weight excluding hydrogens is 328 g/mol. The van der Waals surface area contributed by atoms with Crippen LogP contribution in [-0.2, 0) is 9.59 Å². The number of amides is 1. The van der Waals surface area contributed by atoms with Crippen LogP contribution in [0.3, 0.4) is 0 Å². The highest BCUT2D eigenvalue weighted by Gasteiger charge is 2.32. The number of carboxylic acids is 1. The summed E-state index contributed by atoms with van der Waals surface area (Å²) in [5, 5.41) is 19.6. The number of nitro benzene ring substituents is 1. The fraction of sp³-hybridized carbons (Fsp3) is 0.154. The molecule has 0 unspecified atom stereocenters. The summed E-state index contributed by atoms with van der Waals surface area (Å²) in [7, 11) is 0. The number of thiocarbonyl (C=S) groups is 1. The van der Waals surface area contributed by atoms with Gasteiger partial charge in [-0.05, 0) is 12.1 Å². The molecule has 1 amide bonds. The van der Waals surface area contributed by atoms with Crippen LogP contribution < -0.4 is 0 Å². The predicted octanol–water partition coefficient (Wildman–Crippen LogP) is 2.27. The molecule has 1 aromatic carbocycles. The molecule has 1 saturated heterocycles. The Morgan fingerprint density at radius 2 is 2.14 bits per heavy atom. The Morgan fingerprint density at radius 3 is 2.77 bits per heavy atom. The van der Waals surface area contributed by atoms with Crippen molar-refractivity contribution < 1.29 is 19.6 Å². The summed E-state index contributed by atoms with van der Waals surface area (Å²) in [5.74, 6) is -1.47. The summed E-state index contributed by atoms with van der Waals surface area (Å²) >= 11 is 6.05. The van der Waals surface area contributed by atoms with Crippen LogP contribution in [0.5, 0.6) is 0 Å². The van der Waals surface area contributed by atoms with Crippen molar-refractivity contribution in [2.75, 3.05) is 6.54 Å². The average molecular weight is 338 g/mol. The Labute approximate surface area is 134 Å². The number of rotatable bonds is 5. The van der Waals surface area contributed by atoms with Gasteiger partial charge in [0.25, 0.3) is 11.6 Å². The maximum atomic E-state index is 12.2. The molecule has 1 aromatic rings. The molecule has 0 radical (unpaired) electrons. The van der Waals surface area contributed by atoms with E-state index in [0.29, 0.717) is 5.56 Å². The number of benzene rings is 1. The first-order chi connectivity index (χ1) is 10.4. The van der Waals surface area contributed by atoms with Crippen LogP contribution in [0, 0.1) is 10.1 Å². The van der Waals surface area contributed by atoms with Crippen molar-refractivity contribution in [1.82, 2.24) is 4.90 Å². The summed E-state index contributed by atoms with van der Waals surface area (Å²) < 4.78 is 0.246. The number of carbonyl (C=O) groups is 2. The summed E-state index contributed by atoms with van der Waals surface area (Å²) in [6, 6.07) is 6.04. The summed E-state index contributed by atoms with van der Waals surface area (Å²) in [5.41, 5.74) is 0.185. The number of hydrogen-bond donors (Lipinski definition) is 1. The number of aliphatic carboxylic acids is 1. The van der Waals surface area contributed by atoms with Crippen molar-refractivity contribution in [3.05, 3.63) is 44.8 Å². The SMILES string of the molecule is O=C(O)CCN1C(=O)C(=Cc2ccccc2[N+](=O)[O-])SC1=S. The molecule has 0 spiro atoms. The molecule has 1 N–H and O–H groups in total. The summed E-state index contributed by atoms with van der Waals surface area (Å²) in [4.78, 5) is 34.6. The topological polar surface area (TPSA) is 101 Å². The lowest BCUT2D eigenvalue weighted by Gasteiger charge is -2.12. The molecule has 0 aromatic heterocycles. The third-order valence-electron chi connectivity index (χ3n) is 2.84. The predicted molar refractivity (Wildman–Crippen MR) is 85.2 cm³/mol. The minimum Gasteiger partial charge on any atom is -0.481 e. The second-order valence-electron chi connectivity index (χ2n) is 4.29. The lowest BCUT2D eigenvalue weighted by molar-refractivity contribution is -0.385. The number of nitrogens with zero attached hydrogens (tertiary/aromatic N) is 2. The normalized spacial score (nSPS) is 16.4. The van der Waals surface area contributed by atoms with E-state index in [4.69, 9.17) is 17.3 Å². The molecule has 2 rings (SSSR count). The maximum Gasteiger partial charge on any atom is 0.305 e. The van der Waals surface area contributed by atoms with Crippen molar-refractivity contribution in [2.45, 2.75) is 6.42 Å². The van der Waals surface area contributed by atoms with Crippen molar-refractivity contribution in [3.8, 4) is 0 Å².